The fraction of sp³-hybridized carbons (Fsp3) is 0.400. The summed E-state index contributed by atoms with van der Waals surface area (Å²) in [4.78, 5) is 16.7. The summed E-state index contributed by atoms with van der Waals surface area (Å²) in [5.74, 6) is -0.279. The molecule has 1 aliphatic carbocycles. The average molecular weight is 465 g/mol. The van der Waals surface area contributed by atoms with Crippen molar-refractivity contribution in [2.75, 3.05) is 7.11 Å². The Morgan fingerprint density at radius 1 is 1.22 bits per heavy atom. The van der Waals surface area contributed by atoms with Gasteiger partial charge in [-0.25, -0.2) is 0 Å². The van der Waals surface area contributed by atoms with E-state index < -0.39 is 0 Å². The van der Waals surface area contributed by atoms with Crippen molar-refractivity contribution >= 4 is 37.4 Å². The van der Waals surface area contributed by atoms with E-state index in [0.29, 0.717) is 6.42 Å². The minimum Gasteiger partial charge on any atom is -0.542 e. The van der Waals surface area contributed by atoms with Crippen molar-refractivity contribution in [3.63, 3.8) is 0 Å². The van der Waals surface area contributed by atoms with Crippen LogP contribution in [0.2, 0.25) is 6.55 Å². The van der Waals surface area contributed by atoms with Gasteiger partial charge < -0.3 is 13.6 Å². The number of esters is 1. The Labute approximate surface area is 195 Å². The molecule has 2 unspecified atom stereocenters. The number of rotatable bonds is 10. The second kappa shape index (κ2) is 11.5. The third kappa shape index (κ3) is 5.91. The summed E-state index contributed by atoms with van der Waals surface area (Å²) in [7, 11) is 1.78. The summed E-state index contributed by atoms with van der Waals surface area (Å²) in [5, 5.41) is 0. The monoisotopic (exact) mass is 464 g/mol. The third-order valence-corrected chi connectivity index (χ3v) is 6.89. The van der Waals surface area contributed by atoms with Gasteiger partial charge in [0.2, 0.25) is 9.76 Å². The fourth-order valence-corrected chi connectivity index (χ4v) is 5.13. The molecular weight excluding hydrogens is 434 g/mol. The van der Waals surface area contributed by atoms with Crippen molar-refractivity contribution in [1.29, 1.82) is 0 Å². The Morgan fingerprint density at radius 2 is 1.94 bits per heavy atom. The summed E-state index contributed by atoms with van der Waals surface area (Å²) < 4.78 is 16.5. The lowest BCUT2D eigenvalue weighted by Crippen LogP contribution is -2.26. The lowest BCUT2D eigenvalue weighted by Gasteiger charge is -2.23. The van der Waals surface area contributed by atoms with Crippen LogP contribution in [0.15, 0.2) is 30.3 Å². The molecule has 2 aromatic rings. The van der Waals surface area contributed by atoms with Crippen LogP contribution in [-0.4, -0.2) is 55.6 Å². The van der Waals surface area contributed by atoms with E-state index in [9.17, 15) is 4.79 Å². The van der Waals surface area contributed by atoms with Gasteiger partial charge in [0.1, 0.15) is 6.10 Å². The zero-order valence-electron chi connectivity index (χ0n) is 19.2. The number of methoxy groups -OCH3 is 1. The van der Waals surface area contributed by atoms with Crippen LogP contribution in [0.25, 0.3) is 6.08 Å². The van der Waals surface area contributed by atoms with Gasteiger partial charge in [-0.1, -0.05) is 36.5 Å². The lowest BCUT2D eigenvalue weighted by molar-refractivity contribution is -0.142. The quantitative estimate of drug-likeness (QED) is 0.339. The zero-order valence-corrected chi connectivity index (χ0v) is 21.2. The second-order valence-corrected chi connectivity index (χ2v) is 9.07. The number of fused-ring (bicyclic) bond motifs is 2. The van der Waals surface area contributed by atoms with Gasteiger partial charge in [0.15, 0.2) is 0 Å². The molecule has 1 aromatic carbocycles. The van der Waals surface area contributed by atoms with Gasteiger partial charge in [-0.2, -0.15) is 0 Å². The molecule has 0 saturated carbocycles. The van der Waals surface area contributed by atoms with E-state index in [1.165, 1.54) is 35.1 Å². The predicted octanol–water partition coefficient (Wildman–Crippen LogP) is 3.65. The summed E-state index contributed by atoms with van der Waals surface area (Å²) in [6.07, 6.45) is 10.1. The van der Waals surface area contributed by atoms with Gasteiger partial charge >= 0.3 is 5.97 Å². The Hall–Kier alpha value is -2.36. The largest absolute Gasteiger partial charge is 0.542 e. The standard InChI is InChI=1S/C25H30NO4Si2/c1-16-22(11-10-20(29-31-4)14-21(30-32-5)15-25(27)28-3)17(2)26-24-13-19-9-7-6-8-18(19)12-23(16)24/h6-11,20-21H,4,12-15H2,1-3,5H3/b11-10+. The fourth-order valence-electron chi connectivity index (χ4n) is 4.22. The third-order valence-electron chi connectivity index (χ3n) is 5.85. The van der Waals surface area contributed by atoms with E-state index in [1.807, 2.05) is 12.6 Å². The van der Waals surface area contributed by atoms with Gasteiger partial charge in [0.05, 0.1) is 19.6 Å². The number of ether oxygens (including phenoxy) is 1. The molecule has 1 aliphatic rings. The van der Waals surface area contributed by atoms with Crippen LogP contribution in [0.1, 0.15) is 52.0 Å². The highest BCUT2D eigenvalue weighted by molar-refractivity contribution is 6.34. The maximum Gasteiger partial charge on any atom is 0.308 e. The molecule has 0 bridgehead atoms. The van der Waals surface area contributed by atoms with Crippen LogP contribution in [0.3, 0.4) is 0 Å². The van der Waals surface area contributed by atoms with Crippen molar-refractivity contribution in [2.45, 2.75) is 58.3 Å². The van der Waals surface area contributed by atoms with Crippen LogP contribution in [0.4, 0.5) is 0 Å². The van der Waals surface area contributed by atoms with Crippen LogP contribution in [0.5, 0.6) is 0 Å². The molecule has 3 radical (unpaired) electrons. The number of benzene rings is 1. The van der Waals surface area contributed by atoms with Gasteiger partial charge in [-0.05, 0) is 60.7 Å². The average Bonchev–Trinajstić information content (AvgIpc) is 2.78. The number of carbonyl (C=O) groups excluding carboxylic acids is 1. The van der Waals surface area contributed by atoms with Crippen molar-refractivity contribution in [2.24, 2.45) is 0 Å². The summed E-state index contributed by atoms with van der Waals surface area (Å²) in [6.45, 7) is 6.19. The molecule has 167 valence electrons. The van der Waals surface area contributed by atoms with Crippen LogP contribution in [-0.2, 0) is 31.2 Å². The SMILES string of the molecule is C=[Si]OC(/C=C/c1c(C)nc2c(c1C)Cc1ccccc1C2)CC(CC(=O)OC)O[Si]C. The zero-order chi connectivity index (χ0) is 23.1. The number of hydrogen-bond acceptors (Lipinski definition) is 5. The number of aryl methyl sites for hydroxylation is 1. The highest BCUT2D eigenvalue weighted by Gasteiger charge is 2.22. The maximum absolute atomic E-state index is 11.8. The van der Waals surface area contributed by atoms with E-state index in [1.54, 1.807) is 0 Å². The lowest BCUT2D eigenvalue weighted by atomic mass is 9.85. The molecule has 3 rings (SSSR count). The first-order valence-corrected chi connectivity index (χ1v) is 13.3. The molecule has 32 heavy (non-hydrogen) atoms. The molecule has 0 saturated heterocycles. The molecule has 2 atom stereocenters. The molecule has 0 spiro atoms. The number of hydrogen-bond donors (Lipinski definition) is 0. The number of nitrogens with zero attached hydrogens (tertiary/aromatic N) is 1. The van der Waals surface area contributed by atoms with E-state index in [2.05, 4.69) is 50.4 Å². The normalized spacial score (nSPS) is 14.4. The highest BCUT2D eigenvalue weighted by atomic mass is 28.2. The summed E-state index contributed by atoms with van der Waals surface area (Å²) in [6, 6.07) is 8.61. The van der Waals surface area contributed by atoms with Crippen molar-refractivity contribution < 1.29 is 18.4 Å². The number of carbonyl (C=O) groups is 1. The van der Waals surface area contributed by atoms with Crippen LogP contribution >= 0.6 is 0 Å². The van der Waals surface area contributed by atoms with Gasteiger partial charge in [-0.3, -0.25) is 9.78 Å². The second-order valence-electron chi connectivity index (χ2n) is 7.90. The molecule has 0 amide bonds. The molecule has 7 heteroatoms. The van der Waals surface area contributed by atoms with Crippen molar-refractivity contribution in [3.8, 4) is 0 Å². The molecule has 1 heterocycles. The predicted molar refractivity (Wildman–Crippen MR) is 130 cm³/mol. The minimum atomic E-state index is -0.279. The molecule has 0 N–H and O–H groups in total. The Kier molecular flexibility index (Phi) is 8.72. The number of pyridine rings is 1. The molecule has 5 nitrogen and oxygen atoms in total. The topological polar surface area (TPSA) is 57.7 Å². The highest BCUT2D eigenvalue weighted by Crippen LogP contribution is 2.31. The Balaban J connectivity index is 1.83. The summed E-state index contributed by atoms with van der Waals surface area (Å²) in [5.41, 5.74) is 8.67. The molecular formula is C25H30NO4Si2. The minimum absolute atomic E-state index is 0.0962. The van der Waals surface area contributed by atoms with E-state index in [-0.39, 0.29) is 43.7 Å². The molecule has 1 aromatic heterocycles. The van der Waals surface area contributed by atoms with Gasteiger partial charge in [0, 0.05) is 24.2 Å². The first kappa shape index (κ1) is 24.3. The van der Waals surface area contributed by atoms with E-state index in [0.717, 1.165) is 24.1 Å². The van der Waals surface area contributed by atoms with Crippen molar-refractivity contribution in [3.05, 3.63) is 69.5 Å². The van der Waals surface area contributed by atoms with E-state index in [4.69, 9.17) is 18.6 Å². The van der Waals surface area contributed by atoms with Crippen molar-refractivity contribution in [1.82, 2.24) is 4.98 Å². The van der Waals surface area contributed by atoms with Crippen LogP contribution < -0.4 is 0 Å². The first-order chi connectivity index (χ1) is 15.5. The first-order valence-electron chi connectivity index (χ1n) is 10.8. The Bertz CT molecular complexity index is 1010. The van der Waals surface area contributed by atoms with E-state index >= 15 is 0 Å². The molecule has 0 fully saturated rings. The smallest absolute Gasteiger partial charge is 0.308 e. The number of aromatic nitrogens is 1. The van der Waals surface area contributed by atoms with Crippen LogP contribution in [0, 0.1) is 13.8 Å². The van der Waals surface area contributed by atoms with Gasteiger partial charge in [0.25, 0.3) is 9.38 Å². The Morgan fingerprint density at radius 3 is 2.59 bits per heavy atom. The maximum atomic E-state index is 11.8. The van der Waals surface area contributed by atoms with Gasteiger partial charge in [-0.15, -0.1) is 0 Å². The summed E-state index contributed by atoms with van der Waals surface area (Å²) >= 11 is 0. The molecule has 0 aliphatic heterocycles.